The van der Waals surface area contributed by atoms with Crippen molar-refractivity contribution in [1.29, 1.82) is 0 Å². The van der Waals surface area contributed by atoms with Gasteiger partial charge in [0.1, 0.15) is 10.6 Å². The smallest absolute Gasteiger partial charge is 0.265 e. The number of rotatable bonds is 4. The molecule has 4 nitrogen and oxygen atoms in total. The third kappa shape index (κ3) is 3.53. The van der Waals surface area contributed by atoms with Crippen molar-refractivity contribution in [2.75, 3.05) is 11.8 Å². The van der Waals surface area contributed by atoms with Crippen molar-refractivity contribution >= 4 is 47.6 Å². The molecule has 0 amide bonds. The maximum atomic E-state index is 12.4. The summed E-state index contributed by atoms with van der Waals surface area (Å²) >= 11 is 6.56. The van der Waals surface area contributed by atoms with Gasteiger partial charge in [-0.2, -0.15) is 0 Å². The van der Waals surface area contributed by atoms with E-state index in [2.05, 4.69) is 36.6 Å². The maximum Gasteiger partial charge on any atom is 0.265 e. The molecule has 0 heterocycles. The van der Waals surface area contributed by atoms with E-state index in [4.69, 9.17) is 4.74 Å². The summed E-state index contributed by atoms with van der Waals surface area (Å²) in [7, 11) is -2.28. The largest absolute Gasteiger partial charge is 0.495 e. The number of methoxy groups -OCH3 is 1. The molecule has 0 radical (unpaired) electrons. The Balaban J connectivity index is 2.40. The molecule has 2 aromatic rings. The molecule has 106 valence electrons. The molecule has 0 aliphatic carbocycles. The molecule has 0 aliphatic rings. The van der Waals surface area contributed by atoms with Gasteiger partial charge < -0.3 is 4.74 Å². The highest BCUT2D eigenvalue weighted by Gasteiger charge is 2.20. The quantitative estimate of drug-likeness (QED) is 0.812. The molecule has 2 rings (SSSR count). The van der Waals surface area contributed by atoms with E-state index in [9.17, 15) is 8.42 Å². The lowest BCUT2D eigenvalue weighted by Crippen LogP contribution is -2.14. The van der Waals surface area contributed by atoms with Crippen LogP contribution in [0.25, 0.3) is 0 Å². The highest BCUT2D eigenvalue weighted by Crippen LogP contribution is 2.29. The first-order valence-corrected chi connectivity index (χ1v) is 8.61. The van der Waals surface area contributed by atoms with Gasteiger partial charge in [0.25, 0.3) is 10.0 Å². The fourth-order valence-corrected chi connectivity index (χ4v) is 3.62. The third-order valence-corrected chi connectivity index (χ3v) is 4.94. The number of sulfonamides is 1. The first kappa shape index (κ1) is 15.3. The van der Waals surface area contributed by atoms with Gasteiger partial charge in [0.2, 0.25) is 0 Å². The summed E-state index contributed by atoms with van der Waals surface area (Å²) in [6, 6.07) is 11.7. The molecular formula is C13H11Br2NO3S. The predicted octanol–water partition coefficient (Wildman–Crippen LogP) is 4.02. The molecular weight excluding hydrogens is 410 g/mol. The number of halogens is 2. The van der Waals surface area contributed by atoms with Crippen LogP contribution in [0.15, 0.2) is 56.3 Å². The lowest BCUT2D eigenvalue weighted by atomic mass is 10.3. The molecule has 0 unspecified atom stereocenters. The van der Waals surface area contributed by atoms with Crippen LogP contribution in [-0.2, 0) is 10.0 Å². The Labute approximate surface area is 134 Å². The average Bonchev–Trinajstić information content (AvgIpc) is 2.41. The SMILES string of the molecule is COc1ccc(Br)cc1S(=O)(=O)Nc1ccc(Br)cc1. The van der Waals surface area contributed by atoms with Crippen LogP contribution in [-0.4, -0.2) is 15.5 Å². The molecule has 20 heavy (non-hydrogen) atoms. The summed E-state index contributed by atoms with van der Waals surface area (Å²) in [6.45, 7) is 0. The van der Waals surface area contributed by atoms with Crippen LogP contribution in [0.4, 0.5) is 5.69 Å². The minimum atomic E-state index is -3.71. The molecule has 0 aromatic heterocycles. The third-order valence-electron chi connectivity index (χ3n) is 2.51. The van der Waals surface area contributed by atoms with Crippen molar-refractivity contribution in [1.82, 2.24) is 0 Å². The number of nitrogens with one attached hydrogen (secondary N) is 1. The van der Waals surface area contributed by atoms with Crippen molar-refractivity contribution in [3.05, 3.63) is 51.4 Å². The van der Waals surface area contributed by atoms with Gasteiger partial charge in [-0.15, -0.1) is 0 Å². The zero-order valence-corrected chi connectivity index (χ0v) is 14.4. The van der Waals surface area contributed by atoms with Gasteiger partial charge in [0, 0.05) is 14.6 Å². The van der Waals surface area contributed by atoms with Gasteiger partial charge in [0.05, 0.1) is 7.11 Å². The van der Waals surface area contributed by atoms with Crippen LogP contribution >= 0.6 is 31.9 Å². The van der Waals surface area contributed by atoms with E-state index in [1.807, 2.05) is 0 Å². The minimum absolute atomic E-state index is 0.0808. The summed E-state index contributed by atoms with van der Waals surface area (Å²) in [5.41, 5.74) is 0.482. The molecule has 0 bridgehead atoms. The molecule has 0 atom stereocenters. The van der Waals surface area contributed by atoms with Gasteiger partial charge in [-0.3, -0.25) is 4.72 Å². The van der Waals surface area contributed by atoms with Crippen molar-refractivity contribution in [3.8, 4) is 5.75 Å². The van der Waals surface area contributed by atoms with Gasteiger partial charge in [-0.1, -0.05) is 31.9 Å². The standard InChI is InChI=1S/C13H11Br2NO3S/c1-19-12-7-4-10(15)8-13(12)20(17,18)16-11-5-2-9(14)3-6-11/h2-8,16H,1H3. The minimum Gasteiger partial charge on any atom is -0.495 e. The fraction of sp³-hybridized carbons (Fsp3) is 0.0769. The number of hydrogen-bond acceptors (Lipinski definition) is 3. The van der Waals surface area contributed by atoms with Crippen LogP contribution in [0.5, 0.6) is 5.75 Å². The number of hydrogen-bond donors (Lipinski definition) is 1. The van der Waals surface area contributed by atoms with E-state index in [1.54, 1.807) is 36.4 Å². The molecule has 0 aliphatic heterocycles. The lowest BCUT2D eigenvalue weighted by molar-refractivity contribution is 0.403. The number of benzene rings is 2. The second kappa shape index (κ2) is 6.15. The Hall–Kier alpha value is -1.05. The van der Waals surface area contributed by atoms with E-state index in [-0.39, 0.29) is 10.6 Å². The number of ether oxygens (including phenoxy) is 1. The van der Waals surface area contributed by atoms with E-state index in [0.29, 0.717) is 10.2 Å². The molecule has 0 saturated heterocycles. The van der Waals surface area contributed by atoms with Crippen LogP contribution in [0.1, 0.15) is 0 Å². The van der Waals surface area contributed by atoms with Gasteiger partial charge >= 0.3 is 0 Å². The topological polar surface area (TPSA) is 55.4 Å². The summed E-state index contributed by atoms with van der Waals surface area (Å²) in [5, 5.41) is 0. The van der Waals surface area contributed by atoms with Gasteiger partial charge in [0.15, 0.2) is 0 Å². The first-order valence-electron chi connectivity index (χ1n) is 5.54. The summed E-state index contributed by atoms with van der Waals surface area (Å²) in [5.74, 6) is 0.290. The van der Waals surface area contributed by atoms with Crippen molar-refractivity contribution in [2.24, 2.45) is 0 Å². The Kier molecular flexibility index (Phi) is 4.72. The lowest BCUT2D eigenvalue weighted by Gasteiger charge is -2.12. The monoisotopic (exact) mass is 419 g/mol. The number of anilines is 1. The van der Waals surface area contributed by atoms with E-state index < -0.39 is 10.0 Å². The van der Waals surface area contributed by atoms with Crippen LogP contribution < -0.4 is 9.46 Å². The molecule has 0 spiro atoms. The highest BCUT2D eigenvalue weighted by atomic mass is 79.9. The average molecular weight is 421 g/mol. The first-order chi connectivity index (χ1) is 9.42. The van der Waals surface area contributed by atoms with E-state index in [0.717, 1.165) is 4.47 Å². The Morgan fingerprint density at radius 1 is 1.00 bits per heavy atom. The van der Waals surface area contributed by atoms with Crippen LogP contribution in [0.2, 0.25) is 0 Å². The van der Waals surface area contributed by atoms with Crippen molar-refractivity contribution in [3.63, 3.8) is 0 Å². The predicted molar refractivity (Wildman–Crippen MR) is 85.6 cm³/mol. The van der Waals surface area contributed by atoms with Gasteiger partial charge in [-0.25, -0.2) is 8.42 Å². The fourth-order valence-electron chi connectivity index (χ4n) is 1.59. The Morgan fingerprint density at radius 3 is 2.20 bits per heavy atom. The summed E-state index contributed by atoms with van der Waals surface area (Å²) in [6.07, 6.45) is 0. The normalized spacial score (nSPS) is 11.2. The zero-order chi connectivity index (χ0) is 14.8. The summed E-state index contributed by atoms with van der Waals surface area (Å²) in [4.78, 5) is 0.0808. The maximum absolute atomic E-state index is 12.4. The summed E-state index contributed by atoms with van der Waals surface area (Å²) < 4.78 is 33.9. The molecule has 2 aromatic carbocycles. The van der Waals surface area contributed by atoms with Crippen LogP contribution in [0.3, 0.4) is 0 Å². The molecule has 7 heteroatoms. The second-order valence-electron chi connectivity index (χ2n) is 3.91. The van der Waals surface area contributed by atoms with E-state index in [1.165, 1.54) is 13.2 Å². The zero-order valence-electron chi connectivity index (χ0n) is 10.4. The van der Waals surface area contributed by atoms with E-state index >= 15 is 0 Å². The molecule has 1 N–H and O–H groups in total. The van der Waals surface area contributed by atoms with Crippen molar-refractivity contribution in [2.45, 2.75) is 4.90 Å². The van der Waals surface area contributed by atoms with Crippen LogP contribution in [0, 0.1) is 0 Å². The molecule has 0 saturated carbocycles. The Bertz CT molecular complexity index is 715. The molecule has 0 fully saturated rings. The van der Waals surface area contributed by atoms with Crippen molar-refractivity contribution < 1.29 is 13.2 Å². The Morgan fingerprint density at radius 2 is 1.60 bits per heavy atom. The van der Waals surface area contributed by atoms with Gasteiger partial charge in [-0.05, 0) is 42.5 Å². The second-order valence-corrected chi connectivity index (χ2v) is 7.39. The highest BCUT2D eigenvalue weighted by molar-refractivity contribution is 9.10.